The van der Waals surface area contributed by atoms with E-state index in [2.05, 4.69) is 0 Å². The van der Waals surface area contributed by atoms with Crippen LogP contribution in [0.2, 0.25) is 0 Å². The molecule has 2 N–H and O–H groups in total. The van der Waals surface area contributed by atoms with E-state index in [0.717, 1.165) is 30.0 Å². The Balaban J connectivity index is 2.11. The second-order valence-corrected chi connectivity index (χ2v) is 3.83. The molecule has 0 aliphatic heterocycles. The summed E-state index contributed by atoms with van der Waals surface area (Å²) in [5.41, 5.74) is 7.54. The Morgan fingerprint density at radius 1 is 1.12 bits per heavy atom. The van der Waals surface area contributed by atoms with Crippen LogP contribution in [-0.2, 0) is 9.47 Å². The zero-order chi connectivity index (χ0) is 12.5. The first-order chi connectivity index (χ1) is 8.24. The summed E-state index contributed by atoms with van der Waals surface area (Å²) in [5.74, 6) is 0.831. The lowest BCUT2D eigenvalue weighted by molar-refractivity contribution is 0.0806. The van der Waals surface area contributed by atoms with E-state index in [0.29, 0.717) is 19.8 Å². The largest absolute Gasteiger partial charge is 0.491 e. The molecule has 96 valence electrons. The number of ether oxygens (including phenoxy) is 3. The van der Waals surface area contributed by atoms with Crippen molar-refractivity contribution in [3.8, 4) is 5.75 Å². The molecule has 1 aromatic rings. The van der Waals surface area contributed by atoms with Gasteiger partial charge in [-0.1, -0.05) is 0 Å². The molecule has 0 amide bonds. The van der Waals surface area contributed by atoms with Crippen LogP contribution in [0, 0.1) is 6.92 Å². The van der Waals surface area contributed by atoms with Crippen LogP contribution in [-0.4, -0.2) is 33.5 Å². The van der Waals surface area contributed by atoms with Crippen LogP contribution in [0.25, 0.3) is 0 Å². The van der Waals surface area contributed by atoms with Gasteiger partial charge in [0.15, 0.2) is 0 Å². The SMILES string of the molecule is COCCCOCCOc1ccc(N)c(C)c1. The average Bonchev–Trinajstić information content (AvgIpc) is 2.32. The highest BCUT2D eigenvalue weighted by atomic mass is 16.5. The molecule has 0 atom stereocenters. The molecule has 4 heteroatoms. The van der Waals surface area contributed by atoms with Gasteiger partial charge < -0.3 is 19.9 Å². The standard InChI is InChI=1S/C13H21NO3/c1-11-10-12(4-5-13(11)14)17-9-8-16-7-3-6-15-2/h4-5,10H,3,6-9,14H2,1-2H3. The first-order valence-electron chi connectivity index (χ1n) is 5.79. The van der Waals surface area contributed by atoms with Crippen molar-refractivity contribution in [2.24, 2.45) is 0 Å². The zero-order valence-corrected chi connectivity index (χ0v) is 10.6. The molecular formula is C13H21NO3. The minimum atomic E-state index is 0.552. The lowest BCUT2D eigenvalue weighted by Gasteiger charge is -2.08. The third-order valence-corrected chi connectivity index (χ3v) is 2.37. The summed E-state index contributed by atoms with van der Waals surface area (Å²) in [6, 6.07) is 5.65. The molecule has 1 aromatic carbocycles. The molecule has 0 saturated carbocycles. The molecule has 0 heterocycles. The minimum Gasteiger partial charge on any atom is -0.491 e. The number of nitrogen functional groups attached to an aromatic ring is 1. The van der Waals surface area contributed by atoms with Crippen LogP contribution < -0.4 is 10.5 Å². The summed E-state index contributed by atoms with van der Waals surface area (Å²) in [6.07, 6.45) is 0.914. The Hall–Kier alpha value is -1.26. The third-order valence-electron chi connectivity index (χ3n) is 2.37. The van der Waals surface area contributed by atoms with Crippen LogP contribution in [0.5, 0.6) is 5.75 Å². The highest BCUT2D eigenvalue weighted by molar-refractivity contribution is 5.49. The van der Waals surface area contributed by atoms with E-state index >= 15 is 0 Å². The monoisotopic (exact) mass is 239 g/mol. The van der Waals surface area contributed by atoms with E-state index in [4.69, 9.17) is 19.9 Å². The number of anilines is 1. The molecule has 0 unspecified atom stereocenters. The summed E-state index contributed by atoms with van der Waals surface area (Å²) in [7, 11) is 1.69. The lowest BCUT2D eigenvalue weighted by Crippen LogP contribution is -2.08. The zero-order valence-electron chi connectivity index (χ0n) is 10.6. The maximum atomic E-state index is 5.72. The molecule has 0 spiro atoms. The number of nitrogens with two attached hydrogens (primary N) is 1. The number of benzene rings is 1. The van der Waals surface area contributed by atoms with Gasteiger partial charge in [-0.15, -0.1) is 0 Å². The van der Waals surface area contributed by atoms with Crippen LogP contribution in [0.1, 0.15) is 12.0 Å². The fraction of sp³-hybridized carbons (Fsp3) is 0.538. The molecule has 0 radical (unpaired) electrons. The van der Waals surface area contributed by atoms with Crippen molar-refractivity contribution < 1.29 is 14.2 Å². The van der Waals surface area contributed by atoms with Gasteiger partial charge in [0.2, 0.25) is 0 Å². The maximum absolute atomic E-state index is 5.72. The third kappa shape index (κ3) is 5.56. The van der Waals surface area contributed by atoms with Crippen LogP contribution >= 0.6 is 0 Å². The fourth-order valence-corrected chi connectivity index (χ4v) is 1.36. The number of rotatable bonds is 8. The van der Waals surface area contributed by atoms with E-state index < -0.39 is 0 Å². The molecule has 0 saturated heterocycles. The van der Waals surface area contributed by atoms with Gasteiger partial charge in [0.1, 0.15) is 12.4 Å². The van der Waals surface area contributed by atoms with Crippen molar-refractivity contribution in [3.63, 3.8) is 0 Å². The predicted octanol–water partition coefficient (Wildman–Crippen LogP) is 2.01. The van der Waals surface area contributed by atoms with Gasteiger partial charge in [-0.05, 0) is 37.1 Å². The quantitative estimate of drug-likeness (QED) is 0.557. The van der Waals surface area contributed by atoms with Crippen LogP contribution in [0.4, 0.5) is 5.69 Å². The Morgan fingerprint density at radius 2 is 1.94 bits per heavy atom. The van der Waals surface area contributed by atoms with Crippen molar-refractivity contribution in [3.05, 3.63) is 23.8 Å². The first kappa shape index (κ1) is 13.8. The molecular weight excluding hydrogens is 218 g/mol. The fourth-order valence-electron chi connectivity index (χ4n) is 1.36. The maximum Gasteiger partial charge on any atom is 0.119 e. The van der Waals surface area contributed by atoms with E-state index in [1.54, 1.807) is 7.11 Å². The lowest BCUT2D eigenvalue weighted by atomic mass is 10.2. The molecule has 0 fully saturated rings. The van der Waals surface area contributed by atoms with Crippen molar-refractivity contribution in [1.29, 1.82) is 0 Å². The highest BCUT2D eigenvalue weighted by Crippen LogP contribution is 2.18. The van der Waals surface area contributed by atoms with Crippen molar-refractivity contribution in [1.82, 2.24) is 0 Å². The van der Waals surface area contributed by atoms with E-state index in [-0.39, 0.29) is 0 Å². The van der Waals surface area contributed by atoms with Gasteiger partial charge in [-0.2, -0.15) is 0 Å². The Bertz CT molecular complexity index is 328. The summed E-state index contributed by atoms with van der Waals surface area (Å²) >= 11 is 0. The number of hydrogen-bond acceptors (Lipinski definition) is 4. The second kappa shape index (κ2) is 7.92. The Labute approximate surface area is 103 Å². The van der Waals surface area contributed by atoms with Gasteiger partial charge in [0.25, 0.3) is 0 Å². The Kier molecular flexibility index (Phi) is 6.43. The summed E-state index contributed by atoms with van der Waals surface area (Å²) < 4.78 is 15.8. The van der Waals surface area contributed by atoms with Crippen LogP contribution in [0.15, 0.2) is 18.2 Å². The van der Waals surface area contributed by atoms with Gasteiger partial charge in [-0.3, -0.25) is 0 Å². The summed E-state index contributed by atoms with van der Waals surface area (Å²) in [6.45, 7) is 4.54. The van der Waals surface area contributed by atoms with Gasteiger partial charge in [0.05, 0.1) is 6.61 Å². The minimum absolute atomic E-state index is 0.552. The smallest absolute Gasteiger partial charge is 0.119 e. The van der Waals surface area contributed by atoms with Gasteiger partial charge in [0, 0.05) is 26.0 Å². The first-order valence-corrected chi connectivity index (χ1v) is 5.79. The van der Waals surface area contributed by atoms with Gasteiger partial charge in [-0.25, -0.2) is 0 Å². The summed E-state index contributed by atoms with van der Waals surface area (Å²) in [4.78, 5) is 0. The average molecular weight is 239 g/mol. The molecule has 17 heavy (non-hydrogen) atoms. The molecule has 0 aliphatic carbocycles. The normalized spacial score (nSPS) is 10.5. The van der Waals surface area contributed by atoms with E-state index in [9.17, 15) is 0 Å². The number of methoxy groups -OCH3 is 1. The topological polar surface area (TPSA) is 53.7 Å². The van der Waals surface area contributed by atoms with Crippen molar-refractivity contribution in [2.45, 2.75) is 13.3 Å². The van der Waals surface area contributed by atoms with Crippen LogP contribution in [0.3, 0.4) is 0 Å². The molecule has 0 aromatic heterocycles. The van der Waals surface area contributed by atoms with Crippen molar-refractivity contribution in [2.75, 3.05) is 39.3 Å². The molecule has 0 aliphatic rings. The second-order valence-electron chi connectivity index (χ2n) is 3.83. The number of aryl methyl sites for hydroxylation is 1. The molecule has 0 bridgehead atoms. The summed E-state index contributed by atoms with van der Waals surface area (Å²) in [5, 5.41) is 0. The van der Waals surface area contributed by atoms with Gasteiger partial charge >= 0.3 is 0 Å². The van der Waals surface area contributed by atoms with Crippen molar-refractivity contribution >= 4 is 5.69 Å². The molecule has 4 nitrogen and oxygen atoms in total. The number of hydrogen-bond donors (Lipinski definition) is 1. The van der Waals surface area contributed by atoms with E-state index in [1.807, 2.05) is 25.1 Å². The highest BCUT2D eigenvalue weighted by Gasteiger charge is 1.97. The Morgan fingerprint density at radius 3 is 2.65 bits per heavy atom. The predicted molar refractivity (Wildman–Crippen MR) is 68.4 cm³/mol. The van der Waals surface area contributed by atoms with E-state index in [1.165, 1.54) is 0 Å². The molecule has 1 rings (SSSR count).